The Kier molecular flexibility index (Phi) is 2.82. The monoisotopic (exact) mass is 228 g/mol. The number of carboxylic acids is 2. The van der Waals surface area contributed by atoms with E-state index in [1.807, 2.05) is 0 Å². The summed E-state index contributed by atoms with van der Waals surface area (Å²) < 4.78 is 0. The normalized spacial score (nSPS) is 43.0. The number of carbonyl (C=O) groups is 2. The first-order valence-electron chi connectivity index (χ1n) is 4.70. The maximum absolute atomic E-state index is 10.8. The van der Waals surface area contributed by atoms with E-state index in [2.05, 4.69) is 0 Å². The third kappa shape index (κ3) is 1.60. The van der Waals surface area contributed by atoms with Crippen LogP contribution in [0.5, 0.6) is 0 Å². The van der Waals surface area contributed by atoms with Gasteiger partial charge in [0.2, 0.25) is 0 Å². The van der Waals surface area contributed by atoms with Crippen LogP contribution in [0.4, 0.5) is 0 Å². The highest BCUT2D eigenvalue weighted by Gasteiger charge is 2.50. The van der Waals surface area contributed by atoms with E-state index in [1.165, 1.54) is 6.92 Å². The van der Waals surface area contributed by atoms with Crippen LogP contribution in [0.15, 0.2) is 12.2 Å². The highest BCUT2D eigenvalue weighted by molar-refractivity contribution is 5.81. The molecule has 4 unspecified atom stereocenters. The van der Waals surface area contributed by atoms with E-state index in [0.717, 1.165) is 19.1 Å². The van der Waals surface area contributed by atoms with Crippen LogP contribution >= 0.6 is 0 Å². The molecule has 0 spiro atoms. The van der Waals surface area contributed by atoms with Crippen molar-refractivity contribution in [1.29, 1.82) is 0 Å². The second kappa shape index (κ2) is 3.57. The molecular formula is C10H12O6-2. The molecule has 0 saturated carbocycles. The van der Waals surface area contributed by atoms with Crippen LogP contribution in [0.25, 0.3) is 0 Å². The maximum Gasteiger partial charge on any atom is 0.127 e. The van der Waals surface area contributed by atoms with E-state index >= 15 is 0 Å². The van der Waals surface area contributed by atoms with Gasteiger partial charge in [-0.05, 0) is 6.92 Å². The SMILES string of the molecule is CC1C(O)(C(=O)[O-])C=CC(C(=O)[O-])C1(C)O. The summed E-state index contributed by atoms with van der Waals surface area (Å²) in [5.41, 5.74) is -4.31. The van der Waals surface area contributed by atoms with E-state index in [-0.39, 0.29) is 0 Å². The van der Waals surface area contributed by atoms with Crippen molar-refractivity contribution < 1.29 is 30.0 Å². The topological polar surface area (TPSA) is 121 Å². The zero-order valence-corrected chi connectivity index (χ0v) is 8.84. The first kappa shape index (κ1) is 12.7. The molecule has 0 bridgehead atoms. The molecule has 1 rings (SSSR count). The highest BCUT2D eigenvalue weighted by Crippen LogP contribution is 2.39. The molecule has 0 aromatic heterocycles. The van der Waals surface area contributed by atoms with Gasteiger partial charge in [0.15, 0.2) is 0 Å². The van der Waals surface area contributed by atoms with Gasteiger partial charge in [0, 0.05) is 11.8 Å². The van der Waals surface area contributed by atoms with Crippen LogP contribution in [0.2, 0.25) is 0 Å². The average molecular weight is 228 g/mol. The maximum atomic E-state index is 10.8. The summed E-state index contributed by atoms with van der Waals surface area (Å²) in [6.45, 7) is 2.37. The van der Waals surface area contributed by atoms with Gasteiger partial charge in [-0.2, -0.15) is 0 Å². The fourth-order valence-corrected chi connectivity index (χ4v) is 1.86. The first-order valence-corrected chi connectivity index (χ1v) is 4.70. The summed E-state index contributed by atoms with van der Waals surface area (Å²) in [5.74, 6) is -5.93. The molecule has 0 aromatic rings. The highest BCUT2D eigenvalue weighted by atomic mass is 16.4. The van der Waals surface area contributed by atoms with Gasteiger partial charge in [0.05, 0.1) is 17.5 Å². The van der Waals surface area contributed by atoms with Crippen molar-refractivity contribution >= 4 is 11.9 Å². The molecular weight excluding hydrogens is 216 g/mol. The van der Waals surface area contributed by atoms with Crippen LogP contribution < -0.4 is 10.2 Å². The molecule has 0 aromatic carbocycles. The summed E-state index contributed by atoms with van der Waals surface area (Å²) in [6, 6.07) is 0. The van der Waals surface area contributed by atoms with Crippen LogP contribution in [-0.2, 0) is 9.59 Å². The van der Waals surface area contributed by atoms with Crippen molar-refractivity contribution in [2.24, 2.45) is 11.8 Å². The number of aliphatic hydroxyl groups is 2. The number of hydrogen-bond donors (Lipinski definition) is 2. The van der Waals surface area contributed by atoms with Crippen LogP contribution in [0.1, 0.15) is 13.8 Å². The lowest BCUT2D eigenvalue weighted by Crippen LogP contribution is -2.63. The number of carboxylic acid groups (broad SMARTS) is 2. The summed E-state index contributed by atoms with van der Waals surface area (Å²) in [4.78, 5) is 21.5. The molecule has 4 atom stereocenters. The second-order valence-electron chi connectivity index (χ2n) is 4.22. The van der Waals surface area contributed by atoms with Gasteiger partial charge in [0.25, 0.3) is 0 Å². The van der Waals surface area contributed by atoms with Gasteiger partial charge >= 0.3 is 0 Å². The van der Waals surface area contributed by atoms with Crippen LogP contribution in [0.3, 0.4) is 0 Å². The Labute approximate surface area is 91.8 Å². The summed E-state index contributed by atoms with van der Waals surface area (Å²) >= 11 is 0. The van der Waals surface area contributed by atoms with Crippen molar-refractivity contribution in [3.8, 4) is 0 Å². The van der Waals surface area contributed by atoms with Crippen molar-refractivity contribution in [2.45, 2.75) is 25.0 Å². The zero-order valence-electron chi connectivity index (χ0n) is 8.84. The molecule has 6 heteroatoms. The van der Waals surface area contributed by atoms with E-state index in [1.54, 1.807) is 0 Å². The van der Waals surface area contributed by atoms with Gasteiger partial charge in [-0.25, -0.2) is 0 Å². The van der Waals surface area contributed by atoms with Gasteiger partial charge in [-0.15, -0.1) is 0 Å². The van der Waals surface area contributed by atoms with E-state index in [0.29, 0.717) is 0 Å². The minimum absolute atomic E-state index is 0.811. The number of hydrogen-bond acceptors (Lipinski definition) is 6. The summed E-state index contributed by atoms with van der Waals surface area (Å²) in [6.07, 6.45) is 1.72. The molecule has 1 aliphatic carbocycles. The minimum Gasteiger partial charge on any atom is -0.549 e. The Balaban J connectivity index is 3.25. The van der Waals surface area contributed by atoms with Gasteiger partial charge in [0.1, 0.15) is 5.60 Å². The van der Waals surface area contributed by atoms with Crippen LogP contribution in [-0.4, -0.2) is 33.4 Å². The Morgan fingerprint density at radius 1 is 1.31 bits per heavy atom. The van der Waals surface area contributed by atoms with Crippen molar-refractivity contribution in [1.82, 2.24) is 0 Å². The minimum atomic E-state index is -2.38. The van der Waals surface area contributed by atoms with Gasteiger partial charge < -0.3 is 30.0 Å². The van der Waals surface area contributed by atoms with E-state index < -0.39 is 35.0 Å². The standard InChI is InChI=1S/C10H14O6/c1-5-9(2,15)6(7(11)12)3-4-10(5,16)8(13)14/h3-6,15-16H,1-2H3,(H,11,12)(H,13,14)/p-2. The number of carbonyl (C=O) groups excluding carboxylic acids is 2. The summed E-state index contributed by atoms with van der Waals surface area (Å²) in [5, 5.41) is 41.2. The fourth-order valence-electron chi connectivity index (χ4n) is 1.86. The third-order valence-corrected chi connectivity index (χ3v) is 3.29. The van der Waals surface area contributed by atoms with Gasteiger partial charge in [-0.3, -0.25) is 0 Å². The van der Waals surface area contributed by atoms with E-state index in [9.17, 15) is 30.0 Å². The molecule has 2 N–H and O–H groups in total. The summed E-state index contributed by atoms with van der Waals surface area (Å²) in [7, 11) is 0. The molecule has 0 heterocycles. The van der Waals surface area contributed by atoms with Crippen molar-refractivity contribution in [2.75, 3.05) is 0 Å². The van der Waals surface area contributed by atoms with Crippen molar-refractivity contribution in [3.63, 3.8) is 0 Å². The third-order valence-electron chi connectivity index (χ3n) is 3.29. The molecule has 0 aliphatic heterocycles. The second-order valence-corrected chi connectivity index (χ2v) is 4.22. The first-order chi connectivity index (χ1) is 7.14. The molecule has 0 fully saturated rings. The Morgan fingerprint density at radius 2 is 1.81 bits per heavy atom. The predicted molar refractivity (Wildman–Crippen MR) is 47.4 cm³/mol. The molecule has 90 valence electrons. The Morgan fingerprint density at radius 3 is 2.19 bits per heavy atom. The Bertz CT molecular complexity index is 358. The Hall–Kier alpha value is -1.40. The zero-order chi connectivity index (χ0) is 12.7. The molecule has 16 heavy (non-hydrogen) atoms. The molecule has 0 amide bonds. The molecule has 0 radical (unpaired) electrons. The lowest BCUT2D eigenvalue weighted by Gasteiger charge is -2.47. The van der Waals surface area contributed by atoms with Crippen LogP contribution in [0, 0.1) is 11.8 Å². The number of aliphatic carboxylic acids is 2. The van der Waals surface area contributed by atoms with E-state index in [4.69, 9.17) is 0 Å². The van der Waals surface area contributed by atoms with Gasteiger partial charge in [-0.1, -0.05) is 19.1 Å². The molecule has 6 nitrogen and oxygen atoms in total. The van der Waals surface area contributed by atoms with Crippen molar-refractivity contribution in [3.05, 3.63) is 12.2 Å². The predicted octanol–water partition coefficient (Wildman–Crippen LogP) is -3.21. The lowest BCUT2D eigenvalue weighted by atomic mass is 9.66. The smallest absolute Gasteiger partial charge is 0.127 e. The quantitative estimate of drug-likeness (QED) is 0.480. The number of rotatable bonds is 2. The molecule has 1 aliphatic rings. The largest absolute Gasteiger partial charge is 0.549 e. The fraction of sp³-hybridized carbons (Fsp3) is 0.600. The molecule has 0 saturated heterocycles. The average Bonchev–Trinajstić information content (AvgIpc) is 2.13. The lowest BCUT2D eigenvalue weighted by molar-refractivity contribution is -0.333.